The van der Waals surface area contributed by atoms with Gasteiger partial charge in [-0.25, -0.2) is 0 Å². The number of rotatable bonds is 1. The molecule has 1 heterocycles. The van der Waals surface area contributed by atoms with Crippen LogP contribution >= 0.6 is 0 Å². The quantitative estimate of drug-likeness (QED) is 0.487. The largest absolute Gasteiger partial charge is 0.307 e. The highest BCUT2D eigenvalue weighted by Crippen LogP contribution is 2.55. The second-order valence-corrected chi connectivity index (χ2v) is 4.91. The summed E-state index contributed by atoms with van der Waals surface area (Å²) >= 11 is 0. The molecule has 0 bridgehead atoms. The number of hydrogen-bond acceptors (Lipinski definition) is 0. The summed E-state index contributed by atoms with van der Waals surface area (Å²) < 4.78 is 1.29. The zero-order valence-corrected chi connectivity index (χ0v) is 9.03. The van der Waals surface area contributed by atoms with E-state index in [4.69, 9.17) is 0 Å². The van der Waals surface area contributed by atoms with Crippen LogP contribution < -0.4 is 0 Å². The molecular formula is C14H22N+. The Morgan fingerprint density at radius 1 is 1.33 bits per heavy atom. The molecule has 1 unspecified atom stereocenters. The number of benzene rings is 1. The smallest absolute Gasteiger partial charge is 0.168 e. The molecule has 0 saturated carbocycles. The van der Waals surface area contributed by atoms with Gasteiger partial charge in [0.05, 0.1) is 13.6 Å². The third kappa shape index (κ3) is 1.26. The predicted molar refractivity (Wildman–Crippen MR) is 64.7 cm³/mol. The van der Waals surface area contributed by atoms with Gasteiger partial charge in [0.2, 0.25) is 0 Å². The first kappa shape index (κ1) is 10.7. The second-order valence-electron chi connectivity index (χ2n) is 4.91. The molecule has 0 radical (unpaired) electrons. The van der Waals surface area contributed by atoms with E-state index in [0.717, 1.165) is 12.1 Å². The van der Waals surface area contributed by atoms with Gasteiger partial charge in [-0.1, -0.05) is 31.7 Å². The topological polar surface area (TPSA) is 0 Å². The minimum Gasteiger partial charge on any atom is -0.307 e. The number of quaternary nitrogens is 1. The van der Waals surface area contributed by atoms with Crippen LogP contribution in [-0.4, -0.2) is 24.1 Å². The number of aryl methyl sites for hydroxylation is 1. The summed E-state index contributed by atoms with van der Waals surface area (Å²) in [5, 5.41) is 0. The molecule has 1 aliphatic heterocycles. The Balaban J connectivity index is 0.000000853. The minimum absolute atomic E-state index is 0. The van der Waals surface area contributed by atoms with Crippen molar-refractivity contribution in [2.45, 2.75) is 39.3 Å². The molecule has 0 spiro atoms. The van der Waals surface area contributed by atoms with Gasteiger partial charge in [0, 0.05) is 12.0 Å². The molecule has 1 aromatic carbocycles. The second kappa shape index (κ2) is 3.34. The number of nitrogens with zero attached hydrogens (tertiary/aromatic N) is 1. The highest BCUT2D eigenvalue weighted by molar-refractivity contribution is 5.35. The number of hydrogen-bond donors (Lipinski definition) is 0. The maximum Gasteiger partial charge on any atom is 0.168 e. The van der Waals surface area contributed by atoms with Crippen LogP contribution in [0.25, 0.3) is 0 Å². The van der Waals surface area contributed by atoms with E-state index in [-0.39, 0.29) is 7.43 Å². The fourth-order valence-electron chi connectivity index (χ4n) is 3.34. The Bertz CT molecular complexity index is 371. The van der Waals surface area contributed by atoms with E-state index in [9.17, 15) is 0 Å². The highest BCUT2D eigenvalue weighted by atomic mass is 15.5. The Morgan fingerprint density at radius 3 is 2.80 bits per heavy atom. The lowest BCUT2D eigenvalue weighted by molar-refractivity contribution is -0.806. The van der Waals surface area contributed by atoms with E-state index in [2.05, 4.69) is 38.2 Å². The van der Waals surface area contributed by atoms with Gasteiger partial charge >= 0.3 is 0 Å². The predicted octanol–water partition coefficient (Wildman–Crippen LogP) is 3.16. The van der Waals surface area contributed by atoms with Crippen molar-refractivity contribution in [1.29, 1.82) is 0 Å². The van der Waals surface area contributed by atoms with Gasteiger partial charge in [0.15, 0.2) is 6.04 Å². The summed E-state index contributed by atoms with van der Waals surface area (Å²) in [7, 11) is 2.41. The average Bonchev–Trinajstić information content (AvgIpc) is 2.86. The monoisotopic (exact) mass is 204 g/mol. The Morgan fingerprint density at radius 2 is 2.07 bits per heavy atom. The van der Waals surface area contributed by atoms with Crippen LogP contribution in [0.2, 0.25) is 0 Å². The van der Waals surface area contributed by atoms with Gasteiger partial charge in [-0.2, -0.15) is 0 Å². The fourth-order valence-corrected chi connectivity index (χ4v) is 3.34. The summed E-state index contributed by atoms with van der Waals surface area (Å²) in [6.07, 6.45) is 2.69. The van der Waals surface area contributed by atoms with Crippen LogP contribution in [0.3, 0.4) is 0 Å². The number of fused-ring (bicyclic) bond motifs is 3. The maximum atomic E-state index is 2.41. The molecule has 82 valence electrons. The first-order valence-electron chi connectivity index (χ1n) is 5.70. The van der Waals surface area contributed by atoms with Gasteiger partial charge < -0.3 is 4.48 Å². The first-order valence-corrected chi connectivity index (χ1v) is 5.70. The normalized spacial score (nSPS) is 36.1. The van der Waals surface area contributed by atoms with E-state index < -0.39 is 0 Å². The molecule has 3 atom stereocenters. The molecule has 1 heteroatoms. The maximum absolute atomic E-state index is 2.41. The lowest BCUT2D eigenvalue weighted by atomic mass is 9.92. The van der Waals surface area contributed by atoms with Gasteiger partial charge in [0.1, 0.15) is 6.04 Å². The standard InChI is InChI=1S/C13H18N.CH4/c1-3-14(2)12-9-8-10-6-4-5-7-11(10)13(12)14;/h4-7,12-13H,3,8-9H2,1-2H3;1H4/q+1;/t12-,13+,14?;/m0./s1. The van der Waals surface area contributed by atoms with Crippen LogP contribution in [-0.2, 0) is 6.42 Å². The molecule has 0 N–H and O–H groups in total. The molecule has 2 aliphatic rings. The molecule has 1 nitrogen and oxygen atoms in total. The Hall–Kier alpha value is -0.820. The van der Waals surface area contributed by atoms with Crippen LogP contribution in [0, 0.1) is 0 Å². The van der Waals surface area contributed by atoms with Crippen molar-refractivity contribution >= 4 is 0 Å². The van der Waals surface area contributed by atoms with Crippen molar-refractivity contribution in [3.63, 3.8) is 0 Å². The molecular weight excluding hydrogens is 182 g/mol. The van der Waals surface area contributed by atoms with Gasteiger partial charge in [0.25, 0.3) is 0 Å². The average molecular weight is 204 g/mol. The molecule has 0 aromatic heterocycles. The lowest BCUT2D eigenvalue weighted by Crippen LogP contribution is -2.22. The van der Waals surface area contributed by atoms with E-state index in [1.807, 2.05) is 0 Å². The van der Waals surface area contributed by atoms with E-state index in [1.165, 1.54) is 23.9 Å². The molecule has 1 fully saturated rings. The van der Waals surface area contributed by atoms with Gasteiger partial charge in [-0.05, 0) is 18.9 Å². The van der Waals surface area contributed by atoms with Crippen molar-refractivity contribution < 1.29 is 4.48 Å². The SMILES string of the molecule is C.CC[N+]1(C)[C@@H]2c3ccccc3CC[C@@H]21. The Kier molecular flexibility index (Phi) is 2.38. The van der Waals surface area contributed by atoms with Crippen molar-refractivity contribution in [3.05, 3.63) is 35.4 Å². The Labute approximate surface area is 93.3 Å². The molecule has 1 aliphatic carbocycles. The van der Waals surface area contributed by atoms with Crippen molar-refractivity contribution in [2.75, 3.05) is 13.6 Å². The summed E-state index contributed by atoms with van der Waals surface area (Å²) in [5.74, 6) is 0. The summed E-state index contributed by atoms with van der Waals surface area (Å²) in [6.45, 7) is 3.60. The van der Waals surface area contributed by atoms with Crippen LogP contribution in [0.15, 0.2) is 24.3 Å². The summed E-state index contributed by atoms with van der Waals surface area (Å²) in [6, 6.07) is 10.8. The van der Waals surface area contributed by atoms with Crippen molar-refractivity contribution in [3.8, 4) is 0 Å². The first-order chi connectivity index (χ1) is 6.77. The van der Waals surface area contributed by atoms with Crippen molar-refractivity contribution in [1.82, 2.24) is 0 Å². The zero-order chi connectivity index (χ0) is 9.76. The minimum atomic E-state index is 0. The molecule has 1 saturated heterocycles. The molecule has 0 amide bonds. The van der Waals surface area contributed by atoms with Crippen LogP contribution in [0.1, 0.15) is 37.9 Å². The van der Waals surface area contributed by atoms with Gasteiger partial charge in [-0.15, -0.1) is 0 Å². The summed E-state index contributed by atoms with van der Waals surface area (Å²) in [4.78, 5) is 0. The molecule has 15 heavy (non-hydrogen) atoms. The van der Waals surface area contributed by atoms with Gasteiger partial charge in [-0.3, -0.25) is 0 Å². The third-order valence-corrected chi connectivity index (χ3v) is 4.43. The van der Waals surface area contributed by atoms with E-state index in [0.29, 0.717) is 0 Å². The zero-order valence-electron chi connectivity index (χ0n) is 9.03. The van der Waals surface area contributed by atoms with Crippen LogP contribution in [0.5, 0.6) is 0 Å². The highest BCUT2D eigenvalue weighted by Gasteiger charge is 2.64. The summed E-state index contributed by atoms with van der Waals surface area (Å²) in [5.41, 5.74) is 3.23. The van der Waals surface area contributed by atoms with Crippen molar-refractivity contribution in [2.24, 2.45) is 0 Å². The van der Waals surface area contributed by atoms with Crippen LogP contribution in [0.4, 0.5) is 0 Å². The lowest BCUT2D eigenvalue weighted by Gasteiger charge is -2.11. The molecule has 3 rings (SSSR count). The van der Waals surface area contributed by atoms with E-state index in [1.54, 1.807) is 11.1 Å². The van der Waals surface area contributed by atoms with E-state index >= 15 is 0 Å². The fraction of sp³-hybridized carbons (Fsp3) is 0.571. The third-order valence-electron chi connectivity index (χ3n) is 4.43. The number of likely N-dealkylation sites (N-methyl/N-ethyl adjacent to an activating group) is 1. The molecule has 1 aromatic rings.